The summed E-state index contributed by atoms with van der Waals surface area (Å²) in [6.45, 7) is 8.01. The summed E-state index contributed by atoms with van der Waals surface area (Å²) in [6, 6.07) is 10.5. The number of aliphatic hydroxyl groups excluding tert-OH is 1. The Morgan fingerprint density at radius 3 is 2.61 bits per heavy atom. The second kappa shape index (κ2) is 8.13. The third kappa shape index (κ3) is 3.80. The van der Waals surface area contributed by atoms with Crippen LogP contribution in [0.5, 0.6) is 0 Å². The van der Waals surface area contributed by atoms with Gasteiger partial charge in [0, 0.05) is 50.5 Å². The highest BCUT2D eigenvalue weighted by molar-refractivity contribution is 5.89. The van der Waals surface area contributed by atoms with Crippen LogP contribution in [-0.4, -0.2) is 67.1 Å². The Labute approximate surface area is 181 Å². The molecule has 3 aromatic heterocycles. The van der Waals surface area contributed by atoms with E-state index in [1.165, 1.54) is 16.8 Å². The van der Waals surface area contributed by atoms with Gasteiger partial charge in [-0.2, -0.15) is 5.10 Å². The number of fused-ring (bicyclic) bond motifs is 1. The third-order valence-electron chi connectivity index (χ3n) is 6.16. The number of H-pyrrole nitrogens is 1. The number of aryl methyl sites for hydroxylation is 2. The predicted octanol–water partition coefficient (Wildman–Crippen LogP) is 2.58. The number of pyridine rings is 1. The molecule has 1 fully saturated rings. The summed E-state index contributed by atoms with van der Waals surface area (Å²) in [6.07, 6.45) is 4.61. The van der Waals surface area contributed by atoms with Gasteiger partial charge in [0.2, 0.25) is 0 Å². The van der Waals surface area contributed by atoms with Gasteiger partial charge < -0.3 is 15.0 Å². The Balaban J connectivity index is 1.30. The van der Waals surface area contributed by atoms with Crippen molar-refractivity contribution in [2.45, 2.75) is 26.6 Å². The van der Waals surface area contributed by atoms with E-state index in [4.69, 9.17) is 5.10 Å². The molecule has 0 bridgehead atoms. The molecule has 1 saturated heterocycles. The fourth-order valence-electron chi connectivity index (χ4n) is 4.18. The lowest BCUT2D eigenvalue weighted by atomic mass is 10.1. The van der Waals surface area contributed by atoms with Gasteiger partial charge in [-0.25, -0.2) is 14.6 Å². The van der Waals surface area contributed by atoms with Crippen molar-refractivity contribution in [1.29, 1.82) is 0 Å². The molecule has 0 radical (unpaired) electrons. The number of nitrogens with zero attached hydrogens (tertiary/aromatic N) is 6. The molecule has 1 aliphatic rings. The van der Waals surface area contributed by atoms with Crippen molar-refractivity contribution < 1.29 is 5.11 Å². The molecule has 1 aliphatic heterocycles. The number of benzene rings is 1. The largest absolute Gasteiger partial charge is 0.376 e. The zero-order chi connectivity index (χ0) is 21.4. The predicted molar refractivity (Wildman–Crippen MR) is 121 cm³/mol. The zero-order valence-electron chi connectivity index (χ0n) is 17.9. The van der Waals surface area contributed by atoms with Crippen LogP contribution in [-0.2, 0) is 6.54 Å². The molecule has 2 N–H and O–H groups in total. The van der Waals surface area contributed by atoms with E-state index in [2.05, 4.69) is 56.8 Å². The number of hydrogen-bond acceptors (Lipinski definition) is 6. The van der Waals surface area contributed by atoms with E-state index in [-0.39, 0.29) is 0 Å². The molecule has 1 aromatic carbocycles. The molecule has 31 heavy (non-hydrogen) atoms. The Bertz CT molecular complexity index is 1180. The zero-order valence-corrected chi connectivity index (χ0v) is 17.9. The van der Waals surface area contributed by atoms with Crippen molar-refractivity contribution >= 4 is 16.7 Å². The summed E-state index contributed by atoms with van der Waals surface area (Å²) in [4.78, 5) is 16.4. The topological polar surface area (TPSA) is 86.1 Å². The van der Waals surface area contributed by atoms with E-state index in [9.17, 15) is 5.11 Å². The molecule has 160 valence electrons. The van der Waals surface area contributed by atoms with Gasteiger partial charge >= 0.3 is 0 Å². The maximum Gasteiger partial charge on any atom is 0.158 e. The summed E-state index contributed by atoms with van der Waals surface area (Å²) >= 11 is 0. The number of rotatable bonds is 5. The van der Waals surface area contributed by atoms with Gasteiger partial charge in [0.1, 0.15) is 11.9 Å². The number of piperazine rings is 1. The van der Waals surface area contributed by atoms with E-state index in [1.54, 1.807) is 23.3 Å². The number of anilines is 1. The van der Waals surface area contributed by atoms with E-state index in [0.29, 0.717) is 12.4 Å². The highest BCUT2D eigenvalue weighted by Crippen LogP contribution is 2.25. The summed E-state index contributed by atoms with van der Waals surface area (Å²) in [5.41, 5.74) is 5.38. The Kier molecular flexibility index (Phi) is 5.17. The Morgan fingerprint density at radius 1 is 1.03 bits per heavy atom. The number of imidazole rings is 1. The fraction of sp³-hybridized carbons (Fsp3) is 0.348. The Hall–Kier alpha value is -3.23. The molecule has 8 heteroatoms. The fourth-order valence-corrected chi connectivity index (χ4v) is 4.18. The van der Waals surface area contributed by atoms with Crippen LogP contribution in [0, 0.1) is 13.8 Å². The number of aliphatic hydroxyl groups is 1. The van der Waals surface area contributed by atoms with Crippen LogP contribution in [0.3, 0.4) is 0 Å². The minimum atomic E-state index is -0.628. The first-order chi connectivity index (χ1) is 15.1. The minimum absolute atomic E-state index is 0.359. The average Bonchev–Trinajstić information content (AvgIpc) is 3.44. The van der Waals surface area contributed by atoms with Gasteiger partial charge in [-0.3, -0.25) is 4.90 Å². The van der Waals surface area contributed by atoms with Crippen LogP contribution in [0.25, 0.3) is 22.6 Å². The number of hydrogen-bond donors (Lipinski definition) is 2. The summed E-state index contributed by atoms with van der Waals surface area (Å²) in [5, 5.41) is 16.6. The summed E-state index contributed by atoms with van der Waals surface area (Å²) in [7, 11) is 0. The first-order valence-corrected chi connectivity index (χ1v) is 10.7. The highest BCUT2D eigenvalue weighted by Gasteiger charge is 2.25. The van der Waals surface area contributed by atoms with Crippen molar-refractivity contribution in [3.05, 3.63) is 60.0 Å². The van der Waals surface area contributed by atoms with Crippen LogP contribution in [0.1, 0.15) is 11.1 Å². The molecule has 0 saturated carbocycles. The molecule has 8 nitrogen and oxygen atoms in total. The van der Waals surface area contributed by atoms with Crippen molar-refractivity contribution in [2.24, 2.45) is 0 Å². The summed E-state index contributed by atoms with van der Waals surface area (Å²) in [5.74, 6) is 0.702. The normalized spacial score (nSPS) is 16.2. The maximum absolute atomic E-state index is 11.0. The van der Waals surface area contributed by atoms with Crippen LogP contribution < -0.4 is 4.90 Å². The van der Waals surface area contributed by atoms with Gasteiger partial charge in [-0.1, -0.05) is 6.07 Å². The Morgan fingerprint density at radius 2 is 1.87 bits per heavy atom. The first kappa shape index (κ1) is 19.7. The molecule has 0 aliphatic carbocycles. The van der Waals surface area contributed by atoms with Crippen molar-refractivity contribution in [3.63, 3.8) is 0 Å². The molecule has 5 rings (SSSR count). The monoisotopic (exact) mass is 417 g/mol. The average molecular weight is 418 g/mol. The molecule has 0 spiro atoms. The smallest absolute Gasteiger partial charge is 0.158 e. The molecule has 1 atom stereocenters. The van der Waals surface area contributed by atoms with Crippen molar-refractivity contribution in [2.75, 3.05) is 31.1 Å². The third-order valence-corrected chi connectivity index (χ3v) is 6.16. The second-order valence-corrected chi connectivity index (χ2v) is 8.12. The van der Waals surface area contributed by atoms with Gasteiger partial charge in [0.25, 0.3) is 0 Å². The van der Waals surface area contributed by atoms with E-state index in [0.717, 1.165) is 42.9 Å². The quantitative estimate of drug-likeness (QED) is 0.519. The number of nitrogens with one attached hydrogen (secondary N) is 1. The van der Waals surface area contributed by atoms with E-state index in [1.807, 2.05) is 12.1 Å². The van der Waals surface area contributed by atoms with Gasteiger partial charge in [0.15, 0.2) is 11.5 Å². The lowest BCUT2D eigenvalue weighted by molar-refractivity contribution is -0.0131. The van der Waals surface area contributed by atoms with Gasteiger partial charge in [0.05, 0.1) is 11.9 Å². The number of aromatic nitrogens is 5. The molecule has 0 amide bonds. The van der Waals surface area contributed by atoms with Crippen LogP contribution in [0.2, 0.25) is 0 Å². The van der Waals surface area contributed by atoms with Crippen LogP contribution in [0.4, 0.5) is 5.69 Å². The van der Waals surface area contributed by atoms with Gasteiger partial charge in [-0.05, 0) is 49.2 Å². The first-order valence-electron chi connectivity index (χ1n) is 10.7. The molecule has 4 heterocycles. The maximum atomic E-state index is 11.0. The SMILES string of the molecule is Cc1ccc(N2CCN(C(O)Cn3nc(-c4ncc[nH]4)c4cccnc43)CC2)cc1C. The standard InChI is InChI=1S/C23H27N7O/c1-16-5-6-18(14-17(16)2)28-10-12-29(13-11-28)20(31)15-30-23-19(4-3-7-26-23)21(27-30)22-24-8-9-25-22/h3-9,14,20,31H,10-13,15H2,1-2H3,(H,24,25). The lowest BCUT2D eigenvalue weighted by Gasteiger charge is -2.38. The van der Waals surface area contributed by atoms with Crippen molar-refractivity contribution in [3.8, 4) is 11.5 Å². The molecule has 4 aromatic rings. The molecular formula is C23H27N7O. The summed E-state index contributed by atoms with van der Waals surface area (Å²) < 4.78 is 1.79. The minimum Gasteiger partial charge on any atom is -0.376 e. The van der Waals surface area contributed by atoms with Gasteiger partial charge in [-0.15, -0.1) is 0 Å². The van der Waals surface area contributed by atoms with Crippen LogP contribution in [0.15, 0.2) is 48.9 Å². The molecular weight excluding hydrogens is 390 g/mol. The highest BCUT2D eigenvalue weighted by atomic mass is 16.3. The second-order valence-electron chi connectivity index (χ2n) is 8.12. The number of aromatic amines is 1. The van der Waals surface area contributed by atoms with E-state index < -0.39 is 6.23 Å². The molecule has 1 unspecified atom stereocenters. The van der Waals surface area contributed by atoms with Crippen LogP contribution >= 0.6 is 0 Å². The van der Waals surface area contributed by atoms with Crippen molar-refractivity contribution in [1.82, 2.24) is 29.6 Å². The lowest BCUT2D eigenvalue weighted by Crippen LogP contribution is -2.51. The van der Waals surface area contributed by atoms with E-state index >= 15 is 0 Å².